The van der Waals surface area contributed by atoms with E-state index in [9.17, 15) is 13.2 Å². The topological polar surface area (TPSA) is 108 Å². The molecule has 9 heteroatoms. The molecule has 2 heterocycles. The van der Waals surface area contributed by atoms with Gasteiger partial charge in [-0.3, -0.25) is 4.79 Å². The quantitative estimate of drug-likeness (QED) is 0.698. The maximum Gasteiger partial charge on any atom is 0.276 e. The van der Waals surface area contributed by atoms with E-state index in [0.29, 0.717) is 24.4 Å². The fourth-order valence-corrected chi connectivity index (χ4v) is 6.44. The van der Waals surface area contributed by atoms with Crippen molar-refractivity contribution in [3.8, 4) is 0 Å². The second kappa shape index (κ2) is 8.85. The van der Waals surface area contributed by atoms with Crippen molar-refractivity contribution in [2.45, 2.75) is 58.4 Å². The second-order valence-electron chi connectivity index (χ2n) is 8.45. The molecule has 30 heavy (non-hydrogen) atoms. The Morgan fingerprint density at radius 2 is 1.93 bits per heavy atom. The van der Waals surface area contributed by atoms with E-state index in [2.05, 4.69) is 27.1 Å². The predicted octanol–water partition coefficient (Wildman–Crippen LogP) is 2.59. The highest BCUT2D eigenvalue weighted by Gasteiger charge is 2.39. The number of sulfonamides is 1. The Kier molecular flexibility index (Phi) is 6.62. The highest BCUT2D eigenvalue weighted by atomic mass is 32.2. The maximum atomic E-state index is 13.3. The molecular formula is C21H31N5O3S. The molecule has 1 amide bonds. The van der Waals surface area contributed by atoms with E-state index < -0.39 is 10.0 Å². The van der Waals surface area contributed by atoms with Gasteiger partial charge >= 0.3 is 0 Å². The largest absolute Gasteiger partial charge is 0.337 e. The number of carbonyl (C=O) groups excluding carboxylic acids is 1. The summed E-state index contributed by atoms with van der Waals surface area (Å²) in [6.07, 6.45) is 2.97. The number of aromatic nitrogens is 3. The van der Waals surface area contributed by atoms with Crippen molar-refractivity contribution in [1.29, 1.82) is 0 Å². The molecule has 0 radical (unpaired) electrons. The Hall–Kier alpha value is -2.26. The Morgan fingerprint density at radius 3 is 2.50 bits per heavy atom. The van der Waals surface area contributed by atoms with Crippen molar-refractivity contribution in [2.75, 3.05) is 13.1 Å². The molecule has 1 fully saturated rings. The van der Waals surface area contributed by atoms with Crippen LogP contribution in [0.4, 0.5) is 0 Å². The van der Waals surface area contributed by atoms with E-state index in [1.165, 1.54) is 6.20 Å². The minimum Gasteiger partial charge on any atom is -0.337 e. The number of likely N-dealkylation sites (tertiary alicyclic amines) is 1. The number of nitrogens with zero attached hydrogens (tertiary/aromatic N) is 3. The number of benzene rings is 1. The van der Waals surface area contributed by atoms with Crippen LogP contribution in [0.25, 0.3) is 0 Å². The lowest BCUT2D eigenvalue weighted by Gasteiger charge is -2.27. The fraction of sp³-hybridized carbons (Fsp3) is 0.571. The number of nitrogens with one attached hydrogen (secondary N) is 2. The number of hydrogen-bond donors (Lipinski definition) is 2. The lowest BCUT2D eigenvalue weighted by atomic mass is 9.88. The number of H-pyrrole nitrogens is 1. The van der Waals surface area contributed by atoms with Gasteiger partial charge in [-0.15, -0.1) is 0 Å². The van der Waals surface area contributed by atoms with Gasteiger partial charge in [-0.1, -0.05) is 38.0 Å². The monoisotopic (exact) mass is 433 g/mol. The van der Waals surface area contributed by atoms with Crippen molar-refractivity contribution in [2.24, 2.45) is 11.8 Å². The third kappa shape index (κ3) is 4.57. The molecule has 1 aromatic carbocycles. The Morgan fingerprint density at radius 1 is 1.27 bits per heavy atom. The van der Waals surface area contributed by atoms with Crippen LogP contribution >= 0.6 is 0 Å². The Bertz CT molecular complexity index is 981. The molecule has 1 aromatic heterocycles. The number of aromatic amines is 1. The predicted molar refractivity (Wildman–Crippen MR) is 115 cm³/mol. The summed E-state index contributed by atoms with van der Waals surface area (Å²) in [5, 5.41) is 10.0. The zero-order valence-corrected chi connectivity index (χ0v) is 19.1. The fourth-order valence-electron chi connectivity index (χ4n) is 4.67. The first-order chi connectivity index (χ1) is 14.1. The lowest BCUT2D eigenvalue weighted by Crippen LogP contribution is -2.43. The number of carbonyl (C=O) groups is 1. The lowest BCUT2D eigenvalue weighted by molar-refractivity contribution is 0.0777. The SMILES string of the molecule is CCC[C@@H](NS(=O)(=O)c1c(C)cc(C)cc1C)[C@H]1CN(C(=O)c2cn[nH]n2)C[C@H]1C. The van der Waals surface area contributed by atoms with Crippen LogP contribution in [0.15, 0.2) is 23.2 Å². The van der Waals surface area contributed by atoms with Crippen molar-refractivity contribution in [3.63, 3.8) is 0 Å². The summed E-state index contributed by atoms with van der Waals surface area (Å²) in [6, 6.07) is 3.55. The summed E-state index contributed by atoms with van der Waals surface area (Å²) < 4.78 is 29.6. The summed E-state index contributed by atoms with van der Waals surface area (Å²) in [5.74, 6) is 0.0170. The molecule has 1 saturated heterocycles. The highest BCUT2D eigenvalue weighted by molar-refractivity contribution is 7.89. The van der Waals surface area contributed by atoms with E-state index >= 15 is 0 Å². The molecule has 8 nitrogen and oxygen atoms in total. The maximum absolute atomic E-state index is 13.3. The van der Waals surface area contributed by atoms with E-state index in [1.54, 1.807) is 4.90 Å². The zero-order valence-electron chi connectivity index (χ0n) is 18.3. The van der Waals surface area contributed by atoms with Gasteiger partial charge in [0.15, 0.2) is 5.69 Å². The zero-order chi connectivity index (χ0) is 22.1. The summed E-state index contributed by atoms with van der Waals surface area (Å²) in [7, 11) is -3.68. The average Bonchev–Trinajstić information content (AvgIpc) is 3.29. The molecule has 1 aliphatic rings. The minimum absolute atomic E-state index is 0.0293. The van der Waals surface area contributed by atoms with Crippen LogP contribution in [0.3, 0.4) is 0 Å². The van der Waals surface area contributed by atoms with Gasteiger partial charge in [-0.25, -0.2) is 13.1 Å². The third-order valence-electron chi connectivity index (χ3n) is 5.89. The summed E-state index contributed by atoms with van der Waals surface area (Å²) in [4.78, 5) is 14.8. The molecule has 0 spiro atoms. The van der Waals surface area contributed by atoms with Crippen LogP contribution < -0.4 is 4.72 Å². The average molecular weight is 434 g/mol. The van der Waals surface area contributed by atoms with Crippen LogP contribution in [0, 0.1) is 32.6 Å². The first-order valence-corrected chi connectivity index (χ1v) is 11.9. The van der Waals surface area contributed by atoms with Gasteiger partial charge in [0.2, 0.25) is 10.0 Å². The van der Waals surface area contributed by atoms with Gasteiger partial charge < -0.3 is 4.90 Å². The van der Waals surface area contributed by atoms with Gasteiger partial charge in [0.25, 0.3) is 5.91 Å². The molecular weight excluding hydrogens is 402 g/mol. The number of amides is 1. The van der Waals surface area contributed by atoms with Gasteiger partial charge in [0.05, 0.1) is 11.1 Å². The third-order valence-corrected chi connectivity index (χ3v) is 7.68. The minimum atomic E-state index is -3.68. The van der Waals surface area contributed by atoms with Crippen molar-refractivity contribution in [1.82, 2.24) is 25.0 Å². The van der Waals surface area contributed by atoms with Gasteiger partial charge in [-0.05, 0) is 50.2 Å². The number of aryl methyl sites for hydroxylation is 3. The normalized spacial score (nSPS) is 20.5. The highest BCUT2D eigenvalue weighted by Crippen LogP contribution is 2.31. The van der Waals surface area contributed by atoms with Crippen LogP contribution in [0.1, 0.15) is 53.9 Å². The standard InChI is InChI=1S/C21H31N5O3S/c1-6-7-18(24-30(28,29)20-14(3)8-13(2)9-15(20)4)17-12-26(11-16(17)5)21(27)19-10-22-25-23-19/h8-10,16-18,24H,6-7,11-12H2,1-5H3,(H,22,23,25)/t16-,17+,18-/m1/s1. The summed E-state index contributed by atoms with van der Waals surface area (Å²) >= 11 is 0. The molecule has 2 N–H and O–H groups in total. The van der Waals surface area contributed by atoms with Gasteiger partial charge in [0, 0.05) is 19.1 Å². The smallest absolute Gasteiger partial charge is 0.276 e. The number of rotatable bonds is 7. The Balaban J connectivity index is 1.83. The molecule has 3 rings (SSSR count). The van der Waals surface area contributed by atoms with E-state index in [-0.39, 0.29) is 29.5 Å². The second-order valence-corrected chi connectivity index (χ2v) is 10.1. The molecule has 164 valence electrons. The summed E-state index contributed by atoms with van der Waals surface area (Å²) in [5.41, 5.74) is 2.82. The first-order valence-electron chi connectivity index (χ1n) is 10.4. The van der Waals surface area contributed by atoms with E-state index in [0.717, 1.165) is 23.1 Å². The Labute approximate surface area is 178 Å². The molecule has 0 aliphatic carbocycles. The van der Waals surface area contributed by atoms with Crippen molar-refractivity contribution >= 4 is 15.9 Å². The van der Waals surface area contributed by atoms with Crippen LogP contribution in [-0.4, -0.2) is 53.8 Å². The van der Waals surface area contributed by atoms with E-state index in [4.69, 9.17) is 0 Å². The molecule has 0 unspecified atom stereocenters. The van der Waals surface area contributed by atoms with Crippen molar-refractivity contribution in [3.05, 3.63) is 40.7 Å². The van der Waals surface area contributed by atoms with Crippen LogP contribution in [0.5, 0.6) is 0 Å². The molecule has 3 atom stereocenters. The van der Waals surface area contributed by atoms with Crippen molar-refractivity contribution < 1.29 is 13.2 Å². The van der Waals surface area contributed by atoms with Crippen LogP contribution in [0.2, 0.25) is 0 Å². The molecule has 2 aromatic rings. The molecule has 0 bridgehead atoms. The molecule has 0 saturated carbocycles. The first kappa shape index (κ1) is 22.4. The van der Waals surface area contributed by atoms with Gasteiger partial charge in [0.1, 0.15) is 0 Å². The summed E-state index contributed by atoms with van der Waals surface area (Å²) in [6.45, 7) is 10.8. The molecule has 1 aliphatic heterocycles. The van der Waals surface area contributed by atoms with E-state index in [1.807, 2.05) is 39.8 Å². The van der Waals surface area contributed by atoms with Crippen LogP contribution in [-0.2, 0) is 10.0 Å². The number of hydrogen-bond acceptors (Lipinski definition) is 5. The van der Waals surface area contributed by atoms with Gasteiger partial charge in [-0.2, -0.15) is 15.4 Å².